The number of para-hydroxylation sites is 2. The van der Waals surface area contributed by atoms with Gasteiger partial charge in [-0.1, -0.05) is 12.1 Å². The number of rotatable bonds is 2. The molecule has 6 nitrogen and oxygen atoms in total. The van der Waals surface area contributed by atoms with Gasteiger partial charge >= 0.3 is 0 Å². The molecule has 1 amide bonds. The van der Waals surface area contributed by atoms with Crippen molar-refractivity contribution in [3.05, 3.63) is 24.3 Å². The summed E-state index contributed by atoms with van der Waals surface area (Å²) in [6.45, 7) is 6.39. The summed E-state index contributed by atoms with van der Waals surface area (Å²) in [6.07, 6.45) is 1.74. The third-order valence-corrected chi connectivity index (χ3v) is 5.18. The van der Waals surface area contributed by atoms with Crippen molar-refractivity contribution in [3.63, 3.8) is 0 Å². The van der Waals surface area contributed by atoms with Gasteiger partial charge in [0, 0.05) is 44.7 Å². The van der Waals surface area contributed by atoms with Crippen molar-refractivity contribution >= 4 is 47.8 Å². The second-order valence-corrected chi connectivity index (χ2v) is 6.81. The number of nitrogens with zero attached hydrogens (tertiary/aromatic N) is 3. The number of amides is 1. The van der Waals surface area contributed by atoms with Crippen molar-refractivity contribution < 1.29 is 9.21 Å². The van der Waals surface area contributed by atoms with E-state index in [-0.39, 0.29) is 30.7 Å². The number of piperazine rings is 1. The number of aromatic nitrogens is 1. The van der Waals surface area contributed by atoms with Gasteiger partial charge in [0.2, 0.25) is 5.91 Å². The van der Waals surface area contributed by atoms with Crippen LogP contribution in [0.1, 0.15) is 19.8 Å². The van der Waals surface area contributed by atoms with Gasteiger partial charge in [0.05, 0.1) is 0 Å². The topological polar surface area (TPSA) is 61.6 Å². The maximum Gasteiger partial charge on any atom is 0.298 e. The van der Waals surface area contributed by atoms with Crippen LogP contribution in [0.5, 0.6) is 0 Å². The minimum Gasteiger partial charge on any atom is -0.423 e. The van der Waals surface area contributed by atoms with Gasteiger partial charge in [0.25, 0.3) is 6.01 Å². The first kappa shape index (κ1) is 20.8. The summed E-state index contributed by atoms with van der Waals surface area (Å²) in [7, 11) is 0. The third kappa shape index (κ3) is 4.08. The van der Waals surface area contributed by atoms with Crippen molar-refractivity contribution in [1.82, 2.24) is 15.2 Å². The fourth-order valence-electron chi connectivity index (χ4n) is 3.72. The van der Waals surface area contributed by atoms with Crippen molar-refractivity contribution in [1.29, 1.82) is 0 Å². The smallest absolute Gasteiger partial charge is 0.298 e. The number of piperidine rings is 1. The zero-order valence-corrected chi connectivity index (χ0v) is 16.5. The molecule has 1 atom stereocenters. The lowest BCUT2D eigenvalue weighted by Gasteiger charge is -2.38. The van der Waals surface area contributed by atoms with Crippen LogP contribution >= 0.6 is 24.8 Å². The molecule has 4 rings (SSSR count). The predicted octanol–water partition coefficient (Wildman–Crippen LogP) is 2.71. The van der Waals surface area contributed by atoms with Gasteiger partial charge in [0.15, 0.2) is 5.58 Å². The fourth-order valence-corrected chi connectivity index (χ4v) is 3.72. The molecule has 0 aliphatic carbocycles. The monoisotopic (exact) mass is 400 g/mol. The number of oxazole rings is 1. The van der Waals surface area contributed by atoms with Crippen LogP contribution in [-0.4, -0.2) is 54.6 Å². The van der Waals surface area contributed by atoms with Crippen LogP contribution in [0.25, 0.3) is 11.1 Å². The molecule has 2 fully saturated rings. The lowest BCUT2D eigenvalue weighted by molar-refractivity contribution is -0.139. The Labute approximate surface area is 166 Å². The van der Waals surface area contributed by atoms with Gasteiger partial charge < -0.3 is 19.5 Å². The molecule has 1 aromatic heterocycles. The molecule has 2 saturated heterocycles. The maximum absolute atomic E-state index is 12.8. The fraction of sp³-hybridized carbons (Fsp3) is 0.556. The summed E-state index contributed by atoms with van der Waals surface area (Å²) in [5, 5.41) is 3.34. The number of hydrogen-bond donors (Lipinski definition) is 1. The summed E-state index contributed by atoms with van der Waals surface area (Å²) in [5.41, 5.74) is 1.71. The van der Waals surface area contributed by atoms with E-state index in [2.05, 4.69) is 27.0 Å². The number of carbonyl (C=O) groups is 1. The Morgan fingerprint density at radius 1 is 1.19 bits per heavy atom. The molecular weight excluding hydrogens is 375 g/mol. The first-order valence-corrected chi connectivity index (χ1v) is 8.84. The maximum atomic E-state index is 12.8. The van der Waals surface area contributed by atoms with E-state index in [0.717, 1.165) is 56.7 Å². The van der Waals surface area contributed by atoms with Gasteiger partial charge in [0.1, 0.15) is 5.52 Å². The van der Waals surface area contributed by atoms with Crippen LogP contribution < -0.4 is 10.2 Å². The highest BCUT2D eigenvalue weighted by molar-refractivity contribution is 5.85. The molecule has 26 heavy (non-hydrogen) atoms. The predicted molar refractivity (Wildman–Crippen MR) is 107 cm³/mol. The Morgan fingerprint density at radius 3 is 2.62 bits per heavy atom. The van der Waals surface area contributed by atoms with E-state index in [1.807, 2.05) is 24.3 Å². The van der Waals surface area contributed by atoms with Crippen LogP contribution in [-0.2, 0) is 4.79 Å². The number of anilines is 1. The number of halogens is 2. The van der Waals surface area contributed by atoms with E-state index in [1.165, 1.54) is 0 Å². The lowest BCUT2D eigenvalue weighted by Crippen LogP contribution is -2.54. The van der Waals surface area contributed by atoms with Gasteiger partial charge in [-0.3, -0.25) is 4.79 Å². The molecule has 144 valence electrons. The second-order valence-electron chi connectivity index (χ2n) is 6.81. The average molecular weight is 401 g/mol. The van der Waals surface area contributed by atoms with Crippen molar-refractivity contribution in [2.24, 2.45) is 5.92 Å². The molecule has 2 aromatic rings. The molecule has 1 unspecified atom stereocenters. The van der Waals surface area contributed by atoms with Crippen LogP contribution in [0.2, 0.25) is 0 Å². The zero-order chi connectivity index (χ0) is 16.5. The zero-order valence-electron chi connectivity index (χ0n) is 14.9. The van der Waals surface area contributed by atoms with E-state index < -0.39 is 0 Å². The third-order valence-electron chi connectivity index (χ3n) is 5.18. The van der Waals surface area contributed by atoms with E-state index in [9.17, 15) is 4.79 Å². The molecule has 2 aliphatic heterocycles. The van der Waals surface area contributed by atoms with Crippen LogP contribution in [0, 0.1) is 5.92 Å². The molecular formula is C18H26Cl2N4O2. The van der Waals surface area contributed by atoms with Gasteiger partial charge in [-0.2, -0.15) is 4.98 Å². The molecule has 0 radical (unpaired) electrons. The summed E-state index contributed by atoms with van der Waals surface area (Å²) >= 11 is 0. The molecule has 2 aliphatic rings. The van der Waals surface area contributed by atoms with Crippen LogP contribution in [0.15, 0.2) is 28.7 Å². The highest BCUT2D eigenvalue weighted by Gasteiger charge is 2.32. The van der Waals surface area contributed by atoms with E-state index >= 15 is 0 Å². The Hall–Kier alpha value is -1.50. The summed E-state index contributed by atoms with van der Waals surface area (Å²) in [4.78, 5) is 21.6. The largest absolute Gasteiger partial charge is 0.423 e. The Morgan fingerprint density at radius 2 is 1.92 bits per heavy atom. The summed E-state index contributed by atoms with van der Waals surface area (Å²) in [6, 6.07) is 8.79. The molecule has 1 N–H and O–H groups in total. The normalized spacial score (nSPS) is 21.2. The Bertz CT molecular complexity index is 698. The average Bonchev–Trinajstić information content (AvgIpc) is 3.06. The van der Waals surface area contributed by atoms with Crippen molar-refractivity contribution in [3.8, 4) is 0 Å². The van der Waals surface area contributed by atoms with Crippen LogP contribution in [0.3, 0.4) is 0 Å². The number of fused-ring (bicyclic) bond motifs is 1. The number of nitrogens with one attached hydrogen (secondary N) is 1. The van der Waals surface area contributed by atoms with Crippen molar-refractivity contribution in [2.45, 2.75) is 25.8 Å². The second kappa shape index (κ2) is 8.93. The molecule has 3 heterocycles. The Kier molecular flexibility index (Phi) is 7.15. The van der Waals surface area contributed by atoms with E-state index in [4.69, 9.17) is 4.42 Å². The van der Waals surface area contributed by atoms with E-state index in [1.54, 1.807) is 0 Å². The highest BCUT2D eigenvalue weighted by atomic mass is 35.5. The van der Waals surface area contributed by atoms with Crippen LogP contribution in [0.4, 0.5) is 6.01 Å². The lowest BCUT2D eigenvalue weighted by atomic mass is 9.94. The quantitative estimate of drug-likeness (QED) is 0.839. The van der Waals surface area contributed by atoms with E-state index in [0.29, 0.717) is 18.0 Å². The molecule has 0 bridgehead atoms. The molecule has 0 saturated carbocycles. The number of carbonyl (C=O) groups excluding carboxylic acids is 1. The van der Waals surface area contributed by atoms with Crippen molar-refractivity contribution in [2.75, 3.05) is 37.6 Å². The number of hydrogen-bond acceptors (Lipinski definition) is 5. The molecule has 0 spiro atoms. The van der Waals surface area contributed by atoms with Gasteiger partial charge in [-0.05, 0) is 31.9 Å². The Balaban J connectivity index is 0.00000121. The summed E-state index contributed by atoms with van der Waals surface area (Å²) < 4.78 is 5.85. The molecule has 1 aromatic carbocycles. The standard InChI is InChI=1S/C18H24N4O2.2ClH/c1-13-12-19-8-11-22(13)17(23)14-6-9-21(10-7-14)18-20-15-4-2-3-5-16(15)24-18;;/h2-5,13-14,19H,6-12H2,1H3;2*1H. The minimum absolute atomic E-state index is 0. The first-order valence-electron chi connectivity index (χ1n) is 8.84. The highest BCUT2D eigenvalue weighted by Crippen LogP contribution is 2.27. The first-order chi connectivity index (χ1) is 11.7. The SMILES string of the molecule is CC1CNCCN1C(=O)C1CCN(c2nc3ccccc3o2)CC1.Cl.Cl. The summed E-state index contributed by atoms with van der Waals surface area (Å²) in [5.74, 6) is 0.451. The molecule has 8 heteroatoms. The number of benzene rings is 1. The minimum atomic E-state index is 0. The van der Waals surface area contributed by atoms with Gasteiger partial charge in [-0.25, -0.2) is 0 Å². The van der Waals surface area contributed by atoms with Gasteiger partial charge in [-0.15, -0.1) is 24.8 Å².